The lowest BCUT2D eigenvalue weighted by Crippen LogP contribution is -2.20. The van der Waals surface area contributed by atoms with Crippen molar-refractivity contribution in [1.82, 2.24) is 4.57 Å². The number of aryl methyl sites for hydroxylation is 1. The Morgan fingerprint density at radius 2 is 2.14 bits per heavy atom. The topological polar surface area (TPSA) is 79.9 Å². The Labute approximate surface area is 84.6 Å². The molecular weight excluding hydrogens is 228 g/mol. The molecule has 0 saturated heterocycles. The van der Waals surface area contributed by atoms with Gasteiger partial charge in [0.2, 0.25) is 0 Å². The van der Waals surface area contributed by atoms with Crippen LogP contribution in [0.15, 0.2) is 22.0 Å². The zero-order valence-corrected chi connectivity index (χ0v) is 8.63. The first-order chi connectivity index (χ1) is 6.36. The average Bonchev–Trinajstić information content (AvgIpc) is 2.07. The van der Waals surface area contributed by atoms with Gasteiger partial charge in [0.25, 0.3) is 14.6 Å². The van der Waals surface area contributed by atoms with Gasteiger partial charge in [-0.05, 0) is 6.07 Å². The van der Waals surface area contributed by atoms with Gasteiger partial charge in [0.1, 0.15) is 16.5 Å². The van der Waals surface area contributed by atoms with Crippen LogP contribution in [0.4, 0.5) is 0 Å². The molecule has 0 aliphatic carbocycles. The summed E-state index contributed by atoms with van der Waals surface area (Å²) in [6.45, 7) is 0. The second-order valence-electron chi connectivity index (χ2n) is 2.56. The molecule has 0 saturated carbocycles. The van der Waals surface area contributed by atoms with Crippen LogP contribution in [-0.2, 0) is 16.1 Å². The summed E-state index contributed by atoms with van der Waals surface area (Å²) < 4.78 is 22.8. The average molecular weight is 233 g/mol. The van der Waals surface area contributed by atoms with Crippen molar-refractivity contribution in [2.75, 3.05) is 0 Å². The van der Waals surface area contributed by atoms with E-state index in [4.69, 9.17) is 15.9 Å². The number of aromatic nitrogens is 1. The van der Waals surface area contributed by atoms with Crippen molar-refractivity contribution in [3.05, 3.63) is 28.2 Å². The molecule has 14 heavy (non-hydrogen) atoms. The van der Waals surface area contributed by atoms with Crippen LogP contribution in [0.1, 0.15) is 5.56 Å². The van der Waals surface area contributed by atoms with Gasteiger partial charge in [-0.1, -0.05) is 0 Å². The molecule has 0 fully saturated rings. The lowest BCUT2D eigenvalue weighted by molar-refractivity contribution is 0.608. The van der Waals surface area contributed by atoms with E-state index in [9.17, 15) is 13.2 Å². The first-order valence-corrected chi connectivity index (χ1v) is 5.72. The molecule has 0 spiro atoms. The Balaban J connectivity index is 3.65. The van der Waals surface area contributed by atoms with Gasteiger partial charge in [0.15, 0.2) is 0 Å². The van der Waals surface area contributed by atoms with E-state index in [1.807, 2.05) is 0 Å². The van der Waals surface area contributed by atoms with Gasteiger partial charge in [-0.2, -0.15) is 5.26 Å². The molecule has 0 aromatic carbocycles. The highest BCUT2D eigenvalue weighted by Gasteiger charge is 2.13. The molecule has 0 aliphatic heterocycles. The van der Waals surface area contributed by atoms with Crippen molar-refractivity contribution >= 4 is 19.7 Å². The SMILES string of the molecule is Cn1cc(S(=O)(=O)Cl)cc(C#N)c1=O. The largest absolute Gasteiger partial charge is 0.316 e. The quantitative estimate of drug-likeness (QED) is 0.647. The molecule has 0 aliphatic rings. The van der Waals surface area contributed by atoms with E-state index in [-0.39, 0.29) is 10.5 Å². The molecule has 0 amide bonds. The lowest BCUT2D eigenvalue weighted by atomic mass is 10.3. The Kier molecular flexibility index (Phi) is 2.64. The number of hydrogen-bond donors (Lipinski definition) is 0. The Hall–Kier alpha value is -1.32. The monoisotopic (exact) mass is 232 g/mol. The second kappa shape index (κ2) is 3.44. The van der Waals surface area contributed by atoms with Gasteiger partial charge in [-0.3, -0.25) is 4.79 Å². The fourth-order valence-corrected chi connectivity index (χ4v) is 1.69. The van der Waals surface area contributed by atoms with Gasteiger partial charge in [0.05, 0.1) is 0 Å². The summed E-state index contributed by atoms with van der Waals surface area (Å²) in [7, 11) is 2.49. The highest BCUT2D eigenvalue weighted by molar-refractivity contribution is 8.13. The molecule has 0 N–H and O–H groups in total. The van der Waals surface area contributed by atoms with Crippen molar-refractivity contribution in [3.63, 3.8) is 0 Å². The van der Waals surface area contributed by atoms with Crippen LogP contribution in [0.3, 0.4) is 0 Å². The van der Waals surface area contributed by atoms with E-state index in [0.717, 1.165) is 16.8 Å². The summed E-state index contributed by atoms with van der Waals surface area (Å²) in [6, 6.07) is 2.54. The number of pyridine rings is 1. The Morgan fingerprint density at radius 1 is 1.57 bits per heavy atom. The highest BCUT2D eigenvalue weighted by Crippen LogP contribution is 2.13. The summed E-state index contributed by atoms with van der Waals surface area (Å²) in [6.07, 6.45) is 1.06. The number of nitriles is 1. The van der Waals surface area contributed by atoms with Crippen molar-refractivity contribution < 1.29 is 8.42 Å². The van der Waals surface area contributed by atoms with Crippen molar-refractivity contribution in [3.8, 4) is 6.07 Å². The number of nitrogens with zero attached hydrogens (tertiary/aromatic N) is 2. The van der Waals surface area contributed by atoms with E-state index in [2.05, 4.69) is 0 Å². The van der Waals surface area contributed by atoms with Crippen molar-refractivity contribution in [1.29, 1.82) is 5.26 Å². The Morgan fingerprint density at radius 3 is 2.57 bits per heavy atom. The molecule has 0 unspecified atom stereocenters. The second-order valence-corrected chi connectivity index (χ2v) is 5.12. The van der Waals surface area contributed by atoms with Crippen LogP contribution in [0.2, 0.25) is 0 Å². The predicted molar refractivity (Wildman–Crippen MR) is 49.4 cm³/mol. The van der Waals surface area contributed by atoms with Gasteiger partial charge in [-0.25, -0.2) is 8.42 Å². The fourth-order valence-electron chi connectivity index (χ4n) is 0.894. The van der Waals surface area contributed by atoms with Gasteiger partial charge in [-0.15, -0.1) is 0 Å². The van der Waals surface area contributed by atoms with Crippen molar-refractivity contribution in [2.24, 2.45) is 7.05 Å². The normalized spacial score (nSPS) is 10.9. The number of hydrogen-bond acceptors (Lipinski definition) is 4. The third kappa shape index (κ3) is 1.95. The molecule has 7 heteroatoms. The minimum Gasteiger partial charge on any atom is -0.316 e. The maximum atomic E-state index is 11.2. The first-order valence-electron chi connectivity index (χ1n) is 3.41. The van der Waals surface area contributed by atoms with Crippen LogP contribution in [0, 0.1) is 11.3 Å². The molecule has 1 heterocycles. The molecule has 74 valence electrons. The minimum absolute atomic E-state index is 0.255. The van der Waals surface area contributed by atoms with Gasteiger partial charge < -0.3 is 4.57 Å². The van der Waals surface area contributed by atoms with Crippen molar-refractivity contribution in [2.45, 2.75) is 4.90 Å². The molecule has 0 atom stereocenters. The summed E-state index contributed by atoms with van der Waals surface area (Å²) in [5.74, 6) is 0. The lowest BCUT2D eigenvalue weighted by Gasteiger charge is -2.00. The third-order valence-electron chi connectivity index (χ3n) is 1.56. The molecule has 0 radical (unpaired) electrons. The summed E-state index contributed by atoms with van der Waals surface area (Å²) >= 11 is 0. The van der Waals surface area contributed by atoms with E-state index < -0.39 is 14.6 Å². The summed E-state index contributed by atoms with van der Waals surface area (Å²) in [4.78, 5) is 10.9. The number of rotatable bonds is 1. The highest BCUT2D eigenvalue weighted by atomic mass is 35.7. The molecule has 1 rings (SSSR count). The minimum atomic E-state index is -3.91. The summed E-state index contributed by atoms with van der Waals surface area (Å²) in [5, 5.41) is 8.53. The fraction of sp³-hybridized carbons (Fsp3) is 0.143. The zero-order valence-electron chi connectivity index (χ0n) is 7.06. The van der Waals surface area contributed by atoms with E-state index >= 15 is 0 Å². The van der Waals surface area contributed by atoms with E-state index in [1.165, 1.54) is 7.05 Å². The summed E-state index contributed by atoms with van der Waals surface area (Å²) in [5.41, 5.74) is -0.814. The first kappa shape index (κ1) is 10.8. The van der Waals surface area contributed by atoms with E-state index in [1.54, 1.807) is 6.07 Å². The smallest absolute Gasteiger partial charge is 0.268 e. The van der Waals surface area contributed by atoms with Crippen LogP contribution in [-0.4, -0.2) is 13.0 Å². The molecular formula is C7H5ClN2O3S. The van der Waals surface area contributed by atoms with Gasteiger partial charge >= 0.3 is 0 Å². The predicted octanol–water partition coefficient (Wildman–Crippen LogP) is 0.184. The Bertz CT molecular complexity index is 568. The molecule has 1 aromatic heterocycles. The molecule has 0 bridgehead atoms. The number of halogens is 1. The third-order valence-corrected chi connectivity index (χ3v) is 2.88. The van der Waals surface area contributed by atoms with Gasteiger partial charge in [0, 0.05) is 23.9 Å². The van der Waals surface area contributed by atoms with Crippen LogP contribution < -0.4 is 5.56 Å². The maximum Gasteiger partial charge on any atom is 0.268 e. The van der Waals surface area contributed by atoms with Crippen LogP contribution in [0.25, 0.3) is 0 Å². The van der Waals surface area contributed by atoms with Crippen LogP contribution >= 0.6 is 10.7 Å². The zero-order chi connectivity index (χ0) is 10.9. The molecule has 1 aromatic rings. The van der Waals surface area contributed by atoms with Crippen LogP contribution in [0.5, 0.6) is 0 Å². The van der Waals surface area contributed by atoms with E-state index in [0.29, 0.717) is 0 Å². The standard InChI is InChI=1S/C7H5ClN2O3S/c1-10-4-6(14(8,12)13)2-5(3-9)7(10)11/h2,4H,1H3. The molecule has 5 nitrogen and oxygen atoms in total. The maximum absolute atomic E-state index is 11.2.